The van der Waals surface area contributed by atoms with Gasteiger partial charge in [-0.3, -0.25) is 15.0 Å². The smallest absolute Gasteiger partial charge is 0.246 e. The van der Waals surface area contributed by atoms with Crippen molar-refractivity contribution in [3.05, 3.63) is 48.7 Å². The minimum absolute atomic E-state index is 0.104. The van der Waals surface area contributed by atoms with E-state index in [0.29, 0.717) is 29.9 Å². The number of carbonyl (C=O) groups excluding carboxylic acids is 1. The van der Waals surface area contributed by atoms with Gasteiger partial charge in [0.05, 0.1) is 11.7 Å². The molecular formula is C22H23N7O2. The summed E-state index contributed by atoms with van der Waals surface area (Å²) < 4.78 is 5.65. The van der Waals surface area contributed by atoms with Crippen LogP contribution in [-0.2, 0) is 4.79 Å². The highest BCUT2D eigenvalue weighted by molar-refractivity contribution is 5.82. The fraction of sp³-hybridized carbons (Fsp3) is 0.273. The Bertz CT molecular complexity index is 1180. The molecule has 9 nitrogen and oxygen atoms in total. The van der Waals surface area contributed by atoms with Gasteiger partial charge in [-0.2, -0.15) is 10.1 Å². The number of aromatic nitrogens is 5. The number of anilines is 2. The van der Waals surface area contributed by atoms with Gasteiger partial charge in [-0.25, -0.2) is 0 Å². The van der Waals surface area contributed by atoms with E-state index < -0.39 is 0 Å². The van der Waals surface area contributed by atoms with Crippen molar-refractivity contribution in [1.29, 1.82) is 0 Å². The number of hydrogen-bond acceptors (Lipinski definition) is 7. The van der Waals surface area contributed by atoms with Crippen molar-refractivity contribution in [3.8, 4) is 17.1 Å². The van der Waals surface area contributed by atoms with Crippen LogP contribution in [-0.4, -0.2) is 50.9 Å². The van der Waals surface area contributed by atoms with Gasteiger partial charge >= 0.3 is 0 Å². The van der Waals surface area contributed by atoms with Gasteiger partial charge in [-0.05, 0) is 67.9 Å². The Morgan fingerprint density at radius 1 is 1.16 bits per heavy atom. The number of ketones is 1. The first-order valence-corrected chi connectivity index (χ1v) is 10.3. The Morgan fingerprint density at radius 3 is 2.90 bits per heavy atom. The van der Waals surface area contributed by atoms with Crippen LogP contribution in [0.3, 0.4) is 0 Å². The summed E-state index contributed by atoms with van der Waals surface area (Å²) in [5, 5.41) is 21.6. The van der Waals surface area contributed by atoms with Crippen LogP contribution < -0.4 is 15.4 Å². The van der Waals surface area contributed by atoms with Crippen LogP contribution in [0.25, 0.3) is 22.3 Å². The molecule has 0 radical (unpaired) electrons. The summed E-state index contributed by atoms with van der Waals surface area (Å²) in [5.41, 5.74) is 2.73. The molecule has 2 aromatic heterocycles. The van der Waals surface area contributed by atoms with Crippen LogP contribution in [0.15, 0.2) is 48.7 Å². The number of ether oxygens (including phenoxy) is 1. The Hall–Kier alpha value is -3.72. The van der Waals surface area contributed by atoms with Crippen LogP contribution >= 0.6 is 0 Å². The van der Waals surface area contributed by atoms with Gasteiger partial charge in [-0.15, -0.1) is 5.10 Å². The van der Waals surface area contributed by atoms with Gasteiger partial charge in [-0.1, -0.05) is 0 Å². The topological polar surface area (TPSA) is 121 Å². The molecule has 5 rings (SSSR count). The number of carbonyl (C=O) groups is 1. The number of rotatable bonds is 8. The highest BCUT2D eigenvalue weighted by atomic mass is 16.5. The van der Waals surface area contributed by atoms with Crippen molar-refractivity contribution in [2.75, 3.05) is 25.0 Å². The number of hydrogen-bond donors (Lipinski definition) is 4. The first kappa shape index (κ1) is 19.3. The Labute approximate surface area is 178 Å². The lowest BCUT2D eigenvalue weighted by atomic mass is 10.0. The highest BCUT2D eigenvalue weighted by Crippen LogP contribution is 2.23. The van der Waals surface area contributed by atoms with E-state index in [9.17, 15) is 4.79 Å². The van der Waals surface area contributed by atoms with Crippen molar-refractivity contribution < 1.29 is 9.53 Å². The molecule has 1 aliphatic rings. The van der Waals surface area contributed by atoms with Crippen molar-refractivity contribution in [2.24, 2.45) is 5.92 Å². The fourth-order valence-corrected chi connectivity index (χ4v) is 3.74. The molecule has 0 aliphatic carbocycles. The Morgan fingerprint density at radius 2 is 2.06 bits per heavy atom. The molecule has 2 aromatic carbocycles. The van der Waals surface area contributed by atoms with Gasteiger partial charge < -0.3 is 15.4 Å². The molecule has 1 aliphatic heterocycles. The lowest BCUT2D eigenvalue weighted by molar-refractivity contribution is -0.121. The number of Topliss-reactive ketones (excluding diaryl/α,β-unsaturated/α-hetero) is 1. The molecule has 4 N–H and O–H groups in total. The maximum Gasteiger partial charge on any atom is 0.246 e. The maximum absolute atomic E-state index is 12.1. The monoisotopic (exact) mass is 417 g/mol. The molecule has 1 fully saturated rings. The van der Waals surface area contributed by atoms with Crippen LogP contribution in [0.2, 0.25) is 0 Å². The predicted molar refractivity (Wildman–Crippen MR) is 117 cm³/mol. The van der Waals surface area contributed by atoms with E-state index in [-0.39, 0.29) is 12.4 Å². The van der Waals surface area contributed by atoms with Gasteiger partial charge in [0.2, 0.25) is 5.95 Å². The summed E-state index contributed by atoms with van der Waals surface area (Å²) in [7, 11) is 0. The van der Waals surface area contributed by atoms with Crippen LogP contribution in [0.5, 0.6) is 5.75 Å². The van der Waals surface area contributed by atoms with E-state index in [1.807, 2.05) is 42.5 Å². The molecule has 3 heterocycles. The quantitative estimate of drug-likeness (QED) is 0.348. The molecule has 0 spiro atoms. The zero-order valence-electron chi connectivity index (χ0n) is 16.9. The van der Waals surface area contributed by atoms with Crippen LogP contribution in [0, 0.1) is 5.92 Å². The summed E-state index contributed by atoms with van der Waals surface area (Å²) in [6.45, 7) is 2.03. The van der Waals surface area contributed by atoms with Crippen LogP contribution in [0.4, 0.5) is 11.6 Å². The van der Waals surface area contributed by atoms with Crippen LogP contribution in [0.1, 0.15) is 12.8 Å². The molecule has 4 aromatic rings. The SMILES string of the molecule is O=C(COc1ccc(-c2nc(Nc3ccc4[nH]ncc4c3)n[nH]2)cc1)C[C@H]1CCNC1. The minimum atomic E-state index is 0.104. The lowest BCUT2D eigenvalue weighted by Gasteiger charge is -2.09. The molecule has 1 saturated heterocycles. The van der Waals surface area contributed by atoms with Gasteiger partial charge in [0.25, 0.3) is 0 Å². The average Bonchev–Trinajstić information content (AvgIpc) is 3.55. The van der Waals surface area contributed by atoms with Crippen molar-refractivity contribution in [2.45, 2.75) is 12.8 Å². The third-order valence-corrected chi connectivity index (χ3v) is 5.39. The van der Waals surface area contributed by atoms with E-state index in [1.54, 1.807) is 6.20 Å². The zero-order valence-corrected chi connectivity index (χ0v) is 16.9. The number of nitrogens with zero attached hydrogens (tertiary/aromatic N) is 3. The number of benzene rings is 2. The molecule has 158 valence electrons. The van der Waals surface area contributed by atoms with E-state index in [2.05, 4.69) is 36.0 Å². The Balaban J connectivity index is 1.18. The largest absolute Gasteiger partial charge is 0.486 e. The van der Waals surface area contributed by atoms with Gasteiger partial charge in [0, 0.05) is 23.1 Å². The fourth-order valence-electron chi connectivity index (χ4n) is 3.74. The van der Waals surface area contributed by atoms with E-state index >= 15 is 0 Å². The second kappa shape index (κ2) is 8.57. The summed E-state index contributed by atoms with van der Waals surface area (Å²) >= 11 is 0. The third-order valence-electron chi connectivity index (χ3n) is 5.39. The molecule has 0 unspecified atom stereocenters. The lowest BCUT2D eigenvalue weighted by Crippen LogP contribution is -2.17. The number of fused-ring (bicyclic) bond motifs is 1. The molecular weight excluding hydrogens is 394 g/mol. The number of nitrogens with one attached hydrogen (secondary N) is 4. The first-order chi connectivity index (χ1) is 15.2. The van der Waals surface area contributed by atoms with Crippen molar-refractivity contribution >= 4 is 28.3 Å². The normalized spacial score (nSPS) is 15.9. The first-order valence-electron chi connectivity index (χ1n) is 10.3. The second-order valence-electron chi connectivity index (χ2n) is 7.72. The molecule has 0 bridgehead atoms. The standard InChI is InChI=1S/C22H23N7O2/c30-18(9-14-7-8-23-11-14)13-31-19-4-1-15(2-5-19)21-26-22(29-28-21)25-17-3-6-20-16(10-17)12-24-27-20/h1-6,10,12,14,23H,7-9,11,13H2,(H,24,27)(H2,25,26,28,29)/t14-/m1/s1. The number of H-pyrrole nitrogens is 2. The van der Waals surface area contributed by atoms with Gasteiger partial charge in [0.1, 0.15) is 12.4 Å². The molecule has 9 heteroatoms. The molecule has 1 atom stereocenters. The zero-order chi connectivity index (χ0) is 21.0. The van der Waals surface area contributed by atoms with E-state index in [1.165, 1.54) is 0 Å². The minimum Gasteiger partial charge on any atom is -0.486 e. The number of aromatic amines is 2. The summed E-state index contributed by atoms with van der Waals surface area (Å²) in [6, 6.07) is 13.3. The summed E-state index contributed by atoms with van der Waals surface area (Å²) in [5.74, 6) is 2.35. The molecule has 0 saturated carbocycles. The summed E-state index contributed by atoms with van der Waals surface area (Å²) in [6.07, 6.45) is 3.41. The Kier molecular flexibility index (Phi) is 5.32. The summed E-state index contributed by atoms with van der Waals surface area (Å²) in [4.78, 5) is 16.6. The van der Waals surface area contributed by atoms with E-state index in [4.69, 9.17) is 4.74 Å². The average molecular weight is 417 g/mol. The van der Waals surface area contributed by atoms with Crippen molar-refractivity contribution in [3.63, 3.8) is 0 Å². The molecule has 31 heavy (non-hydrogen) atoms. The predicted octanol–water partition coefficient (Wildman–Crippen LogP) is 3.04. The second-order valence-corrected chi connectivity index (χ2v) is 7.72. The van der Waals surface area contributed by atoms with E-state index in [0.717, 1.165) is 41.7 Å². The van der Waals surface area contributed by atoms with Crippen molar-refractivity contribution in [1.82, 2.24) is 30.7 Å². The molecule has 0 amide bonds. The van der Waals surface area contributed by atoms with Gasteiger partial charge in [0.15, 0.2) is 11.6 Å². The maximum atomic E-state index is 12.1. The third kappa shape index (κ3) is 4.56. The highest BCUT2D eigenvalue weighted by Gasteiger charge is 2.18.